The molecule has 0 unspecified atom stereocenters. The molecule has 20 heavy (non-hydrogen) atoms. The van der Waals surface area contributed by atoms with Crippen molar-refractivity contribution < 1.29 is 8.42 Å². The van der Waals surface area contributed by atoms with Crippen LogP contribution in [0.1, 0.15) is 32.4 Å². The van der Waals surface area contributed by atoms with E-state index < -0.39 is 10.0 Å². The van der Waals surface area contributed by atoms with Gasteiger partial charge in [-0.25, -0.2) is 8.42 Å². The van der Waals surface area contributed by atoms with Gasteiger partial charge in [-0.3, -0.25) is 4.98 Å². The van der Waals surface area contributed by atoms with Gasteiger partial charge in [-0.2, -0.15) is 4.31 Å². The van der Waals surface area contributed by atoms with Crippen LogP contribution in [0.4, 0.5) is 0 Å². The fourth-order valence-electron chi connectivity index (χ4n) is 2.05. The number of thiocarbonyl (C=S) groups is 1. The van der Waals surface area contributed by atoms with E-state index in [4.69, 9.17) is 18.0 Å². The molecule has 0 saturated heterocycles. The molecule has 0 aromatic carbocycles. The molecule has 1 aromatic rings. The average Bonchev–Trinajstić information content (AvgIpc) is 3.19. The Balaban J connectivity index is 2.44. The second-order valence-electron chi connectivity index (χ2n) is 5.33. The van der Waals surface area contributed by atoms with Crippen molar-refractivity contribution in [2.24, 2.45) is 11.7 Å². The highest BCUT2D eigenvalue weighted by Gasteiger charge is 2.35. The Kier molecular flexibility index (Phi) is 4.41. The van der Waals surface area contributed by atoms with Crippen molar-refractivity contribution in [1.82, 2.24) is 9.29 Å². The molecule has 1 heterocycles. The molecular weight excluding hydrogens is 294 g/mol. The van der Waals surface area contributed by atoms with E-state index >= 15 is 0 Å². The molecule has 0 atom stereocenters. The maximum absolute atomic E-state index is 12.8. The van der Waals surface area contributed by atoms with E-state index in [2.05, 4.69) is 4.98 Å². The molecule has 110 valence electrons. The van der Waals surface area contributed by atoms with E-state index in [9.17, 15) is 8.42 Å². The summed E-state index contributed by atoms with van der Waals surface area (Å²) < 4.78 is 27.2. The number of aromatic nitrogens is 1. The zero-order valence-corrected chi connectivity index (χ0v) is 13.2. The zero-order valence-electron chi connectivity index (χ0n) is 11.6. The van der Waals surface area contributed by atoms with E-state index in [1.165, 1.54) is 16.6 Å². The SMILES string of the molecule is CC(C)N(CC1CC1)S(=O)(=O)c1cccnc1C(N)=S. The van der Waals surface area contributed by atoms with Crippen LogP contribution < -0.4 is 5.73 Å². The molecule has 7 heteroatoms. The molecule has 0 spiro atoms. The van der Waals surface area contributed by atoms with E-state index in [0.717, 1.165) is 12.8 Å². The first-order valence-electron chi connectivity index (χ1n) is 6.60. The standard InChI is InChI=1S/C13H19N3O2S2/c1-9(2)16(8-10-5-6-10)20(17,18)11-4-3-7-15-12(11)13(14)19/h3-4,7,9-10H,5-6,8H2,1-2H3,(H2,14,19). The monoisotopic (exact) mass is 313 g/mol. The molecule has 1 aliphatic carbocycles. The van der Waals surface area contributed by atoms with Gasteiger partial charge in [0.1, 0.15) is 15.6 Å². The van der Waals surface area contributed by atoms with Crippen LogP contribution >= 0.6 is 12.2 Å². The highest BCUT2D eigenvalue weighted by Crippen LogP contribution is 2.32. The van der Waals surface area contributed by atoms with Gasteiger partial charge in [-0.1, -0.05) is 12.2 Å². The minimum Gasteiger partial charge on any atom is -0.388 e. The first-order chi connectivity index (χ1) is 9.34. The Morgan fingerprint density at radius 1 is 1.55 bits per heavy atom. The van der Waals surface area contributed by atoms with Gasteiger partial charge >= 0.3 is 0 Å². The van der Waals surface area contributed by atoms with Crippen LogP contribution in [0.25, 0.3) is 0 Å². The summed E-state index contributed by atoms with van der Waals surface area (Å²) >= 11 is 4.90. The lowest BCUT2D eigenvalue weighted by Crippen LogP contribution is -2.39. The van der Waals surface area contributed by atoms with Gasteiger partial charge in [-0.05, 0) is 44.7 Å². The lowest BCUT2D eigenvalue weighted by molar-refractivity contribution is 0.341. The van der Waals surface area contributed by atoms with Crippen LogP contribution in [0.2, 0.25) is 0 Å². The molecule has 0 radical (unpaired) electrons. The normalized spacial score (nSPS) is 15.8. The highest BCUT2D eigenvalue weighted by atomic mass is 32.2. The van der Waals surface area contributed by atoms with E-state index in [1.54, 1.807) is 6.07 Å². The number of rotatable bonds is 6. The van der Waals surface area contributed by atoms with Gasteiger partial charge in [-0.15, -0.1) is 0 Å². The summed E-state index contributed by atoms with van der Waals surface area (Å²) in [6.45, 7) is 4.29. The minimum absolute atomic E-state index is 0.000645. The molecule has 5 nitrogen and oxygen atoms in total. The summed E-state index contributed by atoms with van der Waals surface area (Å²) in [6, 6.07) is 2.99. The third-order valence-corrected chi connectivity index (χ3v) is 5.57. The minimum atomic E-state index is -3.63. The summed E-state index contributed by atoms with van der Waals surface area (Å²) in [7, 11) is -3.63. The molecule has 1 saturated carbocycles. The largest absolute Gasteiger partial charge is 0.388 e. The summed E-state index contributed by atoms with van der Waals surface area (Å²) in [5.41, 5.74) is 5.76. The van der Waals surface area contributed by atoms with Gasteiger partial charge in [0.05, 0.1) is 0 Å². The van der Waals surface area contributed by atoms with Crippen LogP contribution in [-0.4, -0.2) is 35.3 Å². The maximum Gasteiger partial charge on any atom is 0.245 e. The van der Waals surface area contributed by atoms with E-state index in [0.29, 0.717) is 12.5 Å². The van der Waals surface area contributed by atoms with Crippen LogP contribution in [0, 0.1) is 5.92 Å². The van der Waals surface area contributed by atoms with Crippen molar-refractivity contribution in [2.45, 2.75) is 37.6 Å². The third kappa shape index (κ3) is 3.16. The molecule has 1 aromatic heterocycles. The van der Waals surface area contributed by atoms with Crippen molar-refractivity contribution >= 4 is 27.2 Å². The number of hydrogen-bond donors (Lipinski definition) is 1. The molecule has 2 N–H and O–H groups in total. The van der Waals surface area contributed by atoms with Gasteiger partial charge < -0.3 is 5.73 Å². The lowest BCUT2D eigenvalue weighted by Gasteiger charge is -2.26. The van der Waals surface area contributed by atoms with Crippen LogP contribution in [0.15, 0.2) is 23.2 Å². The summed E-state index contributed by atoms with van der Waals surface area (Å²) in [5, 5.41) is 0. The molecule has 2 rings (SSSR count). The van der Waals surface area contributed by atoms with Gasteiger partial charge in [0, 0.05) is 18.8 Å². The predicted molar refractivity (Wildman–Crippen MR) is 81.9 cm³/mol. The first-order valence-corrected chi connectivity index (χ1v) is 8.45. The number of nitrogens with zero attached hydrogens (tertiary/aromatic N) is 2. The van der Waals surface area contributed by atoms with Gasteiger partial charge in [0.15, 0.2) is 0 Å². The fourth-order valence-corrected chi connectivity index (χ4v) is 4.15. The first kappa shape index (κ1) is 15.3. The van der Waals surface area contributed by atoms with Crippen molar-refractivity contribution in [3.63, 3.8) is 0 Å². The molecular formula is C13H19N3O2S2. The second-order valence-corrected chi connectivity index (χ2v) is 7.63. The van der Waals surface area contributed by atoms with E-state index in [-0.39, 0.29) is 21.6 Å². The quantitative estimate of drug-likeness (QED) is 0.806. The number of sulfonamides is 1. The summed E-state index contributed by atoms with van der Waals surface area (Å²) in [5.74, 6) is 0.470. The third-order valence-electron chi connectivity index (χ3n) is 3.30. The van der Waals surface area contributed by atoms with Crippen LogP contribution in [0.5, 0.6) is 0 Å². The van der Waals surface area contributed by atoms with Crippen molar-refractivity contribution in [3.05, 3.63) is 24.0 Å². The van der Waals surface area contributed by atoms with Crippen LogP contribution in [-0.2, 0) is 10.0 Å². The fraction of sp³-hybridized carbons (Fsp3) is 0.538. The predicted octanol–water partition coefficient (Wildman–Crippen LogP) is 1.52. The Labute approximate surface area is 125 Å². The Morgan fingerprint density at radius 2 is 2.20 bits per heavy atom. The van der Waals surface area contributed by atoms with Gasteiger partial charge in [0.2, 0.25) is 10.0 Å². The Bertz CT molecular complexity index is 610. The van der Waals surface area contributed by atoms with Crippen LogP contribution in [0.3, 0.4) is 0 Å². The number of nitrogens with two attached hydrogens (primary N) is 1. The van der Waals surface area contributed by atoms with Crippen molar-refractivity contribution in [3.8, 4) is 0 Å². The number of pyridine rings is 1. The Hall–Kier alpha value is -1.05. The summed E-state index contributed by atoms with van der Waals surface area (Å²) in [4.78, 5) is 4.11. The molecule has 1 aliphatic rings. The smallest absolute Gasteiger partial charge is 0.245 e. The molecule has 0 amide bonds. The van der Waals surface area contributed by atoms with Gasteiger partial charge in [0.25, 0.3) is 0 Å². The lowest BCUT2D eigenvalue weighted by atomic mass is 10.3. The topological polar surface area (TPSA) is 76.3 Å². The zero-order chi connectivity index (χ0) is 14.9. The molecule has 1 fully saturated rings. The summed E-state index contributed by atoms with van der Waals surface area (Å²) in [6.07, 6.45) is 3.68. The molecule has 0 bridgehead atoms. The van der Waals surface area contributed by atoms with Crippen molar-refractivity contribution in [2.75, 3.05) is 6.54 Å². The molecule has 0 aliphatic heterocycles. The average molecular weight is 313 g/mol. The highest BCUT2D eigenvalue weighted by molar-refractivity contribution is 7.89. The Morgan fingerprint density at radius 3 is 2.70 bits per heavy atom. The number of hydrogen-bond acceptors (Lipinski definition) is 4. The maximum atomic E-state index is 12.8. The van der Waals surface area contributed by atoms with E-state index in [1.807, 2.05) is 13.8 Å². The second kappa shape index (κ2) is 5.75. The van der Waals surface area contributed by atoms with Crippen molar-refractivity contribution in [1.29, 1.82) is 0 Å².